The van der Waals surface area contributed by atoms with Crippen molar-refractivity contribution in [1.82, 2.24) is 21.7 Å². The first-order valence-corrected chi connectivity index (χ1v) is 14.3. The molecule has 16 nitrogen and oxygen atoms in total. The van der Waals surface area contributed by atoms with Crippen LogP contribution in [0.5, 0.6) is 34.5 Å². The SMILES string of the molecule is COc1cc(C(=O)NNC(=O)c2ccc(F)cc2)cc(OC)c1OC.COc1cc(C(=O)NNC(=O)c2ccc(F)cc2)cc(OC)c1OC.O.O. The number of hydrogen-bond acceptors (Lipinski definition) is 10. The minimum Gasteiger partial charge on any atom is -0.493 e. The molecule has 0 atom stereocenters. The van der Waals surface area contributed by atoms with Crippen LogP contribution in [0.2, 0.25) is 0 Å². The Morgan fingerprint density at radius 3 is 0.846 bits per heavy atom. The highest BCUT2D eigenvalue weighted by Gasteiger charge is 2.19. The highest BCUT2D eigenvalue weighted by molar-refractivity contribution is 6.00. The summed E-state index contributed by atoms with van der Waals surface area (Å²) in [4.78, 5) is 48.3. The fourth-order valence-corrected chi connectivity index (χ4v) is 4.14. The second-order valence-corrected chi connectivity index (χ2v) is 9.66. The lowest BCUT2D eigenvalue weighted by molar-refractivity contribution is 0.0846. The Balaban J connectivity index is 0.000000501. The van der Waals surface area contributed by atoms with Gasteiger partial charge < -0.3 is 39.4 Å². The van der Waals surface area contributed by atoms with Gasteiger partial charge >= 0.3 is 0 Å². The third-order valence-electron chi connectivity index (χ3n) is 6.65. The summed E-state index contributed by atoms with van der Waals surface area (Å²) in [6.07, 6.45) is 0. The van der Waals surface area contributed by atoms with Crippen molar-refractivity contribution in [3.63, 3.8) is 0 Å². The average molecular weight is 733 g/mol. The first-order chi connectivity index (χ1) is 24.0. The topological polar surface area (TPSA) is 235 Å². The van der Waals surface area contributed by atoms with Gasteiger partial charge in [-0.3, -0.25) is 40.9 Å². The molecule has 0 fully saturated rings. The maximum atomic E-state index is 12.9. The minimum absolute atomic E-state index is 0. The molecule has 18 heteroatoms. The molecule has 0 saturated heterocycles. The number of carbonyl (C=O) groups excluding carboxylic acids is 4. The normalized spacial score (nSPS) is 9.54. The molecule has 0 unspecified atom stereocenters. The molecule has 8 N–H and O–H groups in total. The van der Waals surface area contributed by atoms with Crippen LogP contribution in [0, 0.1) is 11.6 Å². The molecule has 4 amide bonds. The molecule has 0 saturated carbocycles. The van der Waals surface area contributed by atoms with Gasteiger partial charge in [0.05, 0.1) is 42.7 Å². The molecule has 52 heavy (non-hydrogen) atoms. The van der Waals surface area contributed by atoms with Crippen LogP contribution >= 0.6 is 0 Å². The Hall–Kier alpha value is -6.66. The molecule has 0 radical (unpaired) electrons. The summed E-state index contributed by atoms with van der Waals surface area (Å²) in [6, 6.07) is 15.6. The number of carbonyl (C=O) groups is 4. The summed E-state index contributed by atoms with van der Waals surface area (Å²) >= 11 is 0. The van der Waals surface area contributed by atoms with E-state index in [0.717, 1.165) is 24.3 Å². The highest BCUT2D eigenvalue weighted by Crippen LogP contribution is 2.39. The lowest BCUT2D eigenvalue weighted by atomic mass is 10.1. The second-order valence-electron chi connectivity index (χ2n) is 9.66. The maximum Gasteiger partial charge on any atom is 0.269 e. The molecule has 280 valence electrons. The van der Waals surface area contributed by atoms with E-state index < -0.39 is 35.3 Å². The van der Waals surface area contributed by atoms with Crippen molar-refractivity contribution in [2.24, 2.45) is 0 Å². The number of methoxy groups -OCH3 is 6. The van der Waals surface area contributed by atoms with Gasteiger partial charge in [-0.1, -0.05) is 0 Å². The van der Waals surface area contributed by atoms with Gasteiger partial charge in [-0.05, 0) is 72.8 Å². The lowest BCUT2D eigenvalue weighted by Crippen LogP contribution is -2.41. The van der Waals surface area contributed by atoms with E-state index in [-0.39, 0.29) is 33.2 Å². The number of hydrazine groups is 2. The largest absolute Gasteiger partial charge is 0.493 e. The highest BCUT2D eigenvalue weighted by atomic mass is 19.1. The Labute approximate surface area is 296 Å². The number of benzene rings is 4. The van der Waals surface area contributed by atoms with Gasteiger partial charge in [-0.25, -0.2) is 8.78 Å². The summed E-state index contributed by atoms with van der Waals surface area (Å²) in [5, 5.41) is 0. The van der Waals surface area contributed by atoms with Crippen LogP contribution in [0.1, 0.15) is 41.4 Å². The molecule has 4 rings (SSSR count). The maximum absolute atomic E-state index is 12.9. The van der Waals surface area contributed by atoms with Crippen molar-refractivity contribution in [3.05, 3.63) is 107 Å². The molecule has 0 bridgehead atoms. The molecule has 0 heterocycles. The van der Waals surface area contributed by atoms with Crippen molar-refractivity contribution in [1.29, 1.82) is 0 Å². The van der Waals surface area contributed by atoms with E-state index >= 15 is 0 Å². The summed E-state index contributed by atoms with van der Waals surface area (Å²) < 4.78 is 56.7. The van der Waals surface area contributed by atoms with E-state index in [0.29, 0.717) is 34.5 Å². The molecular weight excluding hydrogens is 694 g/mol. The van der Waals surface area contributed by atoms with Gasteiger partial charge in [-0.15, -0.1) is 0 Å². The number of amides is 4. The van der Waals surface area contributed by atoms with Gasteiger partial charge in [0, 0.05) is 22.3 Å². The quantitative estimate of drug-likeness (QED) is 0.174. The zero-order chi connectivity index (χ0) is 36.8. The van der Waals surface area contributed by atoms with Crippen LogP contribution in [0.3, 0.4) is 0 Å². The van der Waals surface area contributed by atoms with Gasteiger partial charge in [0.2, 0.25) is 11.5 Å². The fraction of sp³-hybridized carbons (Fsp3) is 0.176. The van der Waals surface area contributed by atoms with Gasteiger partial charge in [0.25, 0.3) is 23.6 Å². The standard InChI is InChI=1S/2C17H17FN2O5.2H2O/c2*1-23-13-8-11(9-14(24-2)15(13)25-3)17(22)20-19-16(21)10-4-6-12(18)7-5-10;;/h2*4-9H,1-3H3,(H,19,21)(H,20,22);2*1H2. The average Bonchev–Trinajstić information content (AvgIpc) is 3.14. The van der Waals surface area contributed by atoms with E-state index in [1.165, 1.54) is 91.2 Å². The van der Waals surface area contributed by atoms with Crippen LogP contribution in [0.15, 0.2) is 72.8 Å². The number of nitrogens with one attached hydrogen (secondary N) is 4. The van der Waals surface area contributed by atoms with Crippen LogP contribution in [-0.4, -0.2) is 77.2 Å². The zero-order valence-corrected chi connectivity index (χ0v) is 28.8. The summed E-state index contributed by atoms with van der Waals surface area (Å²) in [5.74, 6) is -1.36. The summed E-state index contributed by atoms with van der Waals surface area (Å²) in [7, 11) is 8.60. The molecule has 0 spiro atoms. The van der Waals surface area contributed by atoms with Crippen LogP contribution in [0.25, 0.3) is 0 Å². The van der Waals surface area contributed by atoms with E-state index in [1.807, 2.05) is 0 Å². The molecule has 0 aliphatic rings. The fourth-order valence-electron chi connectivity index (χ4n) is 4.14. The predicted octanol–water partition coefficient (Wildman–Crippen LogP) is 2.20. The second kappa shape index (κ2) is 20.8. The predicted molar refractivity (Wildman–Crippen MR) is 182 cm³/mol. The Bertz CT molecular complexity index is 1640. The Morgan fingerprint density at radius 2 is 0.635 bits per heavy atom. The summed E-state index contributed by atoms with van der Waals surface area (Å²) in [5.41, 5.74) is 9.81. The van der Waals surface area contributed by atoms with Crippen LogP contribution < -0.4 is 50.1 Å². The third-order valence-corrected chi connectivity index (χ3v) is 6.65. The third kappa shape index (κ3) is 11.2. The minimum atomic E-state index is -0.588. The first kappa shape index (κ1) is 43.4. The van der Waals surface area contributed by atoms with Crippen LogP contribution in [-0.2, 0) is 0 Å². The van der Waals surface area contributed by atoms with E-state index in [4.69, 9.17) is 28.4 Å². The number of ether oxygens (including phenoxy) is 6. The molecule has 0 aliphatic heterocycles. The number of halogens is 2. The number of hydrogen-bond donors (Lipinski definition) is 4. The van der Waals surface area contributed by atoms with E-state index in [9.17, 15) is 28.0 Å². The van der Waals surface area contributed by atoms with Crippen molar-refractivity contribution in [2.75, 3.05) is 42.7 Å². The molecular formula is C34H38F2N4O12. The molecule has 0 aliphatic carbocycles. The van der Waals surface area contributed by atoms with E-state index in [1.54, 1.807) is 0 Å². The van der Waals surface area contributed by atoms with Gasteiger partial charge in [0.15, 0.2) is 23.0 Å². The number of rotatable bonds is 10. The van der Waals surface area contributed by atoms with Gasteiger partial charge in [-0.2, -0.15) is 0 Å². The first-order valence-electron chi connectivity index (χ1n) is 14.3. The van der Waals surface area contributed by atoms with Crippen molar-refractivity contribution < 1.29 is 67.3 Å². The zero-order valence-electron chi connectivity index (χ0n) is 28.8. The van der Waals surface area contributed by atoms with E-state index in [2.05, 4.69) is 21.7 Å². The van der Waals surface area contributed by atoms with Crippen LogP contribution in [0.4, 0.5) is 8.78 Å². The monoisotopic (exact) mass is 732 g/mol. The lowest BCUT2D eigenvalue weighted by Gasteiger charge is -2.14. The Morgan fingerprint density at radius 1 is 0.404 bits per heavy atom. The smallest absolute Gasteiger partial charge is 0.269 e. The Kier molecular flexibility index (Phi) is 17.3. The van der Waals surface area contributed by atoms with Crippen molar-refractivity contribution in [2.45, 2.75) is 0 Å². The van der Waals surface area contributed by atoms with Crippen molar-refractivity contribution >= 4 is 23.6 Å². The molecule has 0 aromatic heterocycles. The molecule has 4 aromatic rings. The molecule has 4 aromatic carbocycles. The summed E-state index contributed by atoms with van der Waals surface area (Å²) in [6.45, 7) is 0. The van der Waals surface area contributed by atoms with Gasteiger partial charge in [0.1, 0.15) is 11.6 Å². The van der Waals surface area contributed by atoms with Crippen molar-refractivity contribution in [3.8, 4) is 34.5 Å².